The molecule has 1 aliphatic rings. The Hall–Kier alpha value is -3.05. The number of hydrogen-bond donors (Lipinski definition) is 2. The summed E-state index contributed by atoms with van der Waals surface area (Å²) in [6.45, 7) is 2.05. The van der Waals surface area contributed by atoms with Crippen LogP contribution >= 0.6 is 0 Å². The maximum absolute atomic E-state index is 11.9. The van der Waals surface area contributed by atoms with Crippen LogP contribution in [0.2, 0.25) is 0 Å². The van der Waals surface area contributed by atoms with E-state index in [1.807, 2.05) is 12.1 Å². The number of amides is 3. The van der Waals surface area contributed by atoms with Gasteiger partial charge in [0.25, 0.3) is 11.8 Å². The minimum Gasteiger partial charge on any atom is -0.347 e. The Bertz CT molecular complexity index is 946. The summed E-state index contributed by atoms with van der Waals surface area (Å²) in [6.07, 6.45) is 12.7. The van der Waals surface area contributed by atoms with E-state index < -0.39 is 11.8 Å². The van der Waals surface area contributed by atoms with Crippen molar-refractivity contribution in [3.8, 4) is 0 Å². The van der Waals surface area contributed by atoms with Gasteiger partial charge in [-0.15, -0.1) is 5.10 Å². The molecule has 7 heteroatoms. The van der Waals surface area contributed by atoms with E-state index in [2.05, 4.69) is 33.6 Å². The SMILES string of the molecule is CCCCCCCCCCCC(=O)NCC(=O)NN=C=C1C=c2ccccc2=NC1=O. The van der Waals surface area contributed by atoms with Crippen LogP contribution < -0.4 is 21.3 Å². The predicted octanol–water partition coefficient (Wildman–Crippen LogP) is 2.29. The minimum atomic E-state index is -0.478. The van der Waals surface area contributed by atoms with E-state index in [1.54, 1.807) is 18.2 Å². The number of nitrogens with zero attached hydrogens (tertiary/aromatic N) is 2. The van der Waals surface area contributed by atoms with Gasteiger partial charge < -0.3 is 5.32 Å². The normalized spacial score (nSPS) is 12.2. The number of hydrazone groups is 1. The van der Waals surface area contributed by atoms with E-state index in [-0.39, 0.29) is 18.0 Å². The van der Waals surface area contributed by atoms with Crippen molar-refractivity contribution in [2.75, 3.05) is 6.54 Å². The van der Waals surface area contributed by atoms with Crippen LogP contribution in [-0.4, -0.2) is 30.1 Å². The van der Waals surface area contributed by atoms with Gasteiger partial charge in [-0.3, -0.25) is 14.4 Å². The fraction of sp³-hybridized carbons (Fsp3) is 0.500. The van der Waals surface area contributed by atoms with Crippen molar-refractivity contribution in [1.29, 1.82) is 0 Å². The lowest BCUT2D eigenvalue weighted by atomic mass is 10.1. The summed E-state index contributed by atoms with van der Waals surface area (Å²) in [5.74, 6) is 1.41. The van der Waals surface area contributed by atoms with Crippen LogP contribution in [0, 0.1) is 0 Å². The summed E-state index contributed by atoms with van der Waals surface area (Å²) >= 11 is 0. The van der Waals surface area contributed by atoms with Gasteiger partial charge in [-0.05, 0) is 18.6 Å². The highest BCUT2D eigenvalue weighted by molar-refractivity contribution is 6.10. The molecule has 0 radical (unpaired) electrons. The molecule has 2 N–H and O–H groups in total. The number of para-hydroxylation sites is 1. The van der Waals surface area contributed by atoms with E-state index in [9.17, 15) is 14.4 Å². The number of nitrogens with one attached hydrogen (secondary N) is 2. The Labute approximate surface area is 183 Å². The molecule has 0 bridgehead atoms. The average molecular weight is 425 g/mol. The monoisotopic (exact) mass is 424 g/mol. The fourth-order valence-corrected chi connectivity index (χ4v) is 3.23. The van der Waals surface area contributed by atoms with Crippen LogP contribution in [0.4, 0.5) is 0 Å². The number of benzene rings is 1. The topological polar surface area (TPSA) is 100.0 Å². The van der Waals surface area contributed by atoms with Gasteiger partial charge in [0.1, 0.15) is 5.57 Å². The molecule has 0 saturated heterocycles. The number of carbonyl (C=O) groups is 3. The zero-order valence-corrected chi connectivity index (χ0v) is 18.3. The van der Waals surface area contributed by atoms with Gasteiger partial charge in [0.15, 0.2) is 0 Å². The maximum Gasteiger partial charge on any atom is 0.287 e. The number of hydrogen-bond acceptors (Lipinski definition) is 4. The van der Waals surface area contributed by atoms with Crippen LogP contribution in [0.15, 0.2) is 39.9 Å². The van der Waals surface area contributed by atoms with E-state index >= 15 is 0 Å². The van der Waals surface area contributed by atoms with Crippen LogP contribution in [0.5, 0.6) is 0 Å². The standard InChI is InChI=1S/C24H32N4O3/c1-2-3-4-5-6-7-8-9-10-15-22(29)25-18-23(30)28-26-17-20-16-19-13-11-12-14-21(19)27-24(20)31/h11-14,16H,2-10,15,18H2,1H3,(H,25,29)(H,28,30). The first kappa shape index (κ1) is 24.2. The Morgan fingerprint density at radius 2 is 1.65 bits per heavy atom. The average Bonchev–Trinajstić information content (AvgIpc) is 2.77. The molecule has 31 heavy (non-hydrogen) atoms. The van der Waals surface area contributed by atoms with E-state index in [0.29, 0.717) is 11.8 Å². The summed E-state index contributed by atoms with van der Waals surface area (Å²) in [5.41, 5.74) is 2.42. The molecular formula is C24H32N4O3. The molecule has 3 amide bonds. The lowest BCUT2D eigenvalue weighted by Gasteiger charge is -2.04. The largest absolute Gasteiger partial charge is 0.347 e. The molecule has 166 valence electrons. The van der Waals surface area contributed by atoms with Crippen LogP contribution in [-0.2, 0) is 14.4 Å². The second-order valence-corrected chi connectivity index (χ2v) is 7.65. The summed E-state index contributed by atoms with van der Waals surface area (Å²) in [4.78, 5) is 39.5. The Balaban J connectivity index is 1.61. The molecule has 0 spiro atoms. The molecule has 1 aromatic carbocycles. The highest BCUT2D eigenvalue weighted by atomic mass is 16.2. The fourth-order valence-electron chi connectivity index (χ4n) is 3.23. The summed E-state index contributed by atoms with van der Waals surface area (Å²) in [5, 5.41) is 7.63. The summed E-state index contributed by atoms with van der Waals surface area (Å²) in [7, 11) is 0. The summed E-state index contributed by atoms with van der Waals surface area (Å²) < 4.78 is 0. The highest BCUT2D eigenvalue weighted by Gasteiger charge is 2.10. The number of rotatable bonds is 13. The molecule has 0 saturated carbocycles. The number of carbonyl (C=O) groups excluding carboxylic acids is 3. The lowest BCUT2D eigenvalue weighted by Crippen LogP contribution is -2.34. The molecule has 1 aromatic rings. The minimum absolute atomic E-state index is 0.147. The third-order valence-electron chi connectivity index (χ3n) is 5.00. The third kappa shape index (κ3) is 9.53. The van der Waals surface area contributed by atoms with Crippen molar-refractivity contribution in [2.45, 2.75) is 71.1 Å². The first-order chi connectivity index (χ1) is 15.1. The van der Waals surface area contributed by atoms with Crippen molar-refractivity contribution in [3.05, 3.63) is 40.4 Å². The first-order valence-corrected chi connectivity index (χ1v) is 11.2. The van der Waals surface area contributed by atoms with E-state index in [4.69, 9.17) is 0 Å². The second-order valence-electron chi connectivity index (χ2n) is 7.65. The quantitative estimate of drug-likeness (QED) is 0.220. The summed E-state index contributed by atoms with van der Waals surface area (Å²) in [6, 6.07) is 7.22. The third-order valence-corrected chi connectivity index (χ3v) is 5.00. The van der Waals surface area contributed by atoms with Gasteiger partial charge in [-0.25, -0.2) is 10.4 Å². The molecule has 0 aromatic heterocycles. The van der Waals surface area contributed by atoms with Crippen LogP contribution in [0.25, 0.3) is 6.08 Å². The zero-order chi connectivity index (χ0) is 22.3. The van der Waals surface area contributed by atoms with Crippen molar-refractivity contribution >= 4 is 29.7 Å². The predicted molar refractivity (Wildman–Crippen MR) is 121 cm³/mol. The van der Waals surface area contributed by atoms with Crippen molar-refractivity contribution in [3.63, 3.8) is 0 Å². The molecule has 0 atom stereocenters. The van der Waals surface area contributed by atoms with E-state index in [0.717, 1.165) is 24.5 Å². The Morgan fingerprint density at radius 1 is 0.968 bits per heavy atom. The molecule has 1 aliphatic heterocycles. The van der Waals surface area contributed by atoms with Crippen LogP contribution in [0.1, 0.15) is 71.1 Å². The van der Waals surface area contributed by atoms with Crippen LogP contribution in [0.3, 0.4) is 0 Å². The number of fused-ring (bicyclic) bond motifs is 1. The first-order valence-electron chi connectivity index (χ1n) is 11.2. The zero-order valence-electron chi connectivity index (χ0n) is 18.3. The Morgan fingerprint density at radius 3 is 2.39 bits per heavy atom. The van der Waals surface area contributed by atoms with Crippen molar-refractivity contribution in [2.24, 2.45) is 10.1 Å². The van der Waals surface area contributed by atoms with Gasteiger partial charge in [0, 0.05) is 17.5 Å². The van der Waals surface area contributed by atoms with Gasteiger partial charge in [0.2, 0.25) is 5.91 Å². The second kappa shape index (κ2) is 14.0. The van der Waals surface area contributed by atoms with Crippen molar-refractivity contribution < 1.29 is 14.4 Å². The molecule has 0 unspecified atom stereocenters. The van der Waals surface area contributed by atoms with Gasteiger partial charge in [0.05, 0.1) is 11.9 Å². The smallest absolute Gasteiger partial charge is 0.287 e. The van der Waals surface area contributed by atoms with Gasteiger partial charge >= 0.3 is 0 Å². The maximum atomic E-state index is 11.9. The Kier molecular flexibility index (Phi) is 11.0. The molecule has 0 fully saturated rings. The lowest BCUT2D eigenvalue weighted by molar-refractivity contribution is -0.126. The molecular weight excluding hydrogens is 392 g/mol. The van der Waals surface area contributed by atoms with Gasteiger partial charge in [-0.1, -0.05) is 76.5 Å². The van der Waals surface area contributed by atoms with E-state index in [1.165, 1.54) is 38.5 Å². The molecule has 2 rings (SSSR count). The molecule has 7 nitrogen and oxygen atoms in total. The van der Waals surface area contributed by atoms with Gasteiger partial charge in [-0.2, -0.15) is 0 Å². The highest BCUT2D eigenvalue weighted by Crippen LogP contribution is 2.10. The molecule has 0 aliphatic carbocycles. The number of unbranched alkanes of at least 4 members (excludes halogenated alkanes) is 8. The molecule has 1 heterocycles. The van der Waals surface area contributed by atoms with Crippen molar-refractivity contribution in [1.82, 2.24) is 10.7 Å².